The standard InChI is InChI=1S/C11H11NO3/c13-6-2-3-8-7-10-9(11(14)15-8)4-1-5-12-10/h1,4-5,7,13H,2-3,6H2. The lowest BCUT2D eigenvalue weighted by molar-refractivity contribution is 0.283. The first-order chi connectivity index (χ1) is 7.31. The minimum Gasteiger partial charge on any atom is -0.427 e. The van der Waals surface area contributed by atoms with Crippen molar-refractivity contribution in [3.05, 3.63) is 40.6 Å². The summed E-state index contributed by atoms with van der Waals surface area (Å²) < 4.78 is 5.09. The summed E-state index contributed by atoms with van der Waals surface area (Å²) in [6.45, 7) is 0.0873. The highest BCUT2D eigenvalue weighted by Crippen LogP contribution is 2.09. The van der Waals surface area contributed by atoms with E-state index in [0.29, 0.717) is 29.5 Å². The number of nitrogens with zero attached hydrogens (tertiary/aromatic N) is 1. The maximum atomic E-state index is 11.5. The monoisotopic (exact) mass is 205 g/mol. The average molecular weight is 205 g/mol. The van der Waals surface area contributed by atoms with E-state index >= 15 is 0 Å². The van der Waals surface area contributed by atoms with Crippen LogP contribution in [0.15, 0.2) is 33.6 Å². The second-order valence-corrected chi connectivity index (χ2v) is 3.26. The molecule has 0 aliphatic heterocycles. The zero-order valence-electron chi connectivity index (χ0n) is 8.14. The molecule has 2 aromatic heterocycles. The van der Waals surface area contributed by atoms with Crippen LogP contribution >= 0.6 is 0 Å². The largest absolute Gasteiger partial charge is 0.427 e. The van der Waals surface area contributed by atoms with Crippen molar-refractivity contribution in [1.29, 1.82) is 0 Å². The van der Waals surface area contributed by atoms with E-state index in [4.69, 9.17) is 9.52 Å². The Hall–Kier alpha value is -1.68. The molecule has 0 aromatic carbocycles. The van der Waals surface area contributed by atoms with Crippen LogP contribution in [0.5, 0.6) is 0 Å². The van der Waals surface area contributed by atoms with Crippen LogP contribution in [0, 0.1) is 0 Å². The minimum absolute atomic E-state index is 0.0873. The molecule has 0 aliphatic rings. The molecule has 4 nitrogen and oxygen atoms in total. The molecule has 0 saturated heterocycles. The summed E-state index contributed by atoms with van der Waals surface area (Å²) in [6.07, 6.45) is 2.77. The minimum atomic E-state index is -0.367. The lowest BCUT2D eigenvalue weighted by atomic mass is 10.2. The first-order valence-corrected chi connectivity index (χ1v) is 4.80. The van der Waals surface area contributed by atoms with Gasteiger partial charge in [0, 0.05) is 25.3 Å². The fourth-order valence-corrected chi connectivity index (χ4v) is 1.44. The Morgan fingerprint density at radius 1 is 1.47 bits per heavy atom. The summed E-state index contributed by atoms with van der Waals surface area (Å²) in [4.78, 5) is 15.6. The van der Waals surface area contributed by atoms with Gasteiger partial charge in [0.2, 0.25) is 0 Å². The second-order valence-electron chi connectivity index (χ2n) is 3.26. The zero-order chi connectivity index (χ0) is 10.7. The zero-order valence-corrected chi connectivity index (χ0v) is 8.14. The fraction of sp³-hybridized carbons (Fsp3) is 0.273. The van der Waals surface area contributed by atoms with Crippen LogP contribution in [0.4, 0.5) is 0 Å². The number of hydrogen-bond acceptors (Lipinski definition) is 4. The Kier molecular flexibility index (Phi) is 2.78. The molecule has 0 fully saturated rings. The Morgan fingerprint density at radius 2 is 2.33 bits per heavy atom. The molecule has 0 radical (unpaired) electrons. The van der Waals surface area contributed by atoms with Gasteiger partial charge in [-0.3, -0.25) is 4.98 Å². The summed E-state index contributed by atoms with van der Waals surface area (Å²) in [5.41, 5.74) is 0.273. The van der Waals surface area contributed by atoms with E-state index in [-0.39, 0.29) is 12.2 Å². The molecule has 2 heterocycles. The Balaban J connectivity index is 2.48. The SMILES string of the molecule is O=c1oc(CCCO)cc2ncccc12. The molecule has 1 N–H and O–H groups in total. The molecule has 78 valence electrons. The van der Waals surface area contributed by atoms with Gasteiger partial charge in [0.05, 0.1) is 10.9 Å². The van der Waals surface area contributed by atoms with E-state index in [0.717, 1.165) is 0 Å². The predicted molar refractivity (Wildman–Crippen MR) is 55.7 cm³/mol. The van der Waals surface area contributed by atoms with Crippen LogP contribution in [0.3, 0.4) is 0 Å². The number of rotatable bonds is 3. The van der Waals surface area contributed by atoms with Crippen molar-refractivity contribution in [3.8, 4) is 0 Å². The lowest BCUT2D eigenvalue weighted by Gasteiger charge is -1.99. The topological polar surface area (TPSA) is 63.3 Å². The molecule has 4 heteroatoms. The molecular formula is C11H11NO3. The summed E-state index contributed by atoms with van der Waals surface area (Å²) >= 11 is 0. The van der Waals surface area contributed by atoms with Crippen LogP contribution < -0.4 is 5.63 Å². The van der Waals surface area contributed by atoms with Gasteiger partial charge in [-0.1, -0.05) is 0 Å². The maximum absolute atomic E-state index is 11.5. The van der Waals surface area contributed by atoms with Gasteiger partial charge in [-0.15, -0.1) is 0 Å². The van der Waals surface area contributed by atoms with E-state index < -0.39 is 0 Å². The molecule has 2 rings (SSSR count). The van der Waals surface area contributed by atoms with Crippen molar-refractivity contribution in [3.63, 3.8) is 0 Å². The van der Waals surface area contributed by atoms with E-state index in [1.165, 1.54) is 0 Å². The van der Waals surface area contributed by atoms with Gasteiger partial charge in [-0.2, -0.15) is 0 Å². The van der Waals surface area contributed by atoms with E-state index in [1.807, 2.05) is 0 Å². The quantitative estimate of drug-likeness (QED) is 0.815. The number of aromatic nitrogens is 1. The second kappa shape index (κ2) is 4.23. The number of aryl methyl sites for hydroxylation is 1. The van der Waals surface area contributed by atoms with Crippen molar-refractivity contribution in [1.82, 2.24) is 4.98 Å². The molecule has 0 unspecified atom stereocenters. The lowest BCUT2D eigenvalue weighted by Crippen LogP contribution is -2.03. The third-order valence-electron chi connectivity index (χ3n) is 2.16. The third-order valence-corrected chi connectivity index (χ3v) is 2.16. The molecule has 0 atom stereocenters. The van der Waals surface area contributed by atoms with Crippen molar-refractivity contribution in [2.24, 2.45) is 0 Å². The smallest absolute Gasteiger partial charge is 0.345 e. The predicted octanol–water partition coefficient (Wildman–Crippen LogP) is 1.11. The molecule has 0 aliphatic carbocycles. The van der Waals surface area contributed by atoms with Crippen LogP contribution in [0.1, 0.15) is 12.2 Å². The number of aliphatic hydroxyl groups excluding tert-OH is 1. The summed E-state index contributed by atoms with van der Waals surface area (Å²) in [7, 11) is 0. The van der Waals surface area contributed by atoms with Gasteiger partial charge < -0.3 is 9.52 Å². The third kappa shape index (κ3) is 2.05. The van der Waals surface area contributed by atoms with E-state index in [1.54, 1.807) is 24.4 Å². The Labute approximate surface area is 86.2 Å². The summed E-state index contributed by atoms with van der Waals surface area (Å²) in [5.74, 6) is 0.570. The van der Waals surface area contributed by atoms with E-state index in [9.17, 15) is 4.79 Å². The molecule has 0 bridgehead atoms. The molecule has 0 spiro atoms. The van der Waals surface area contributed by atoms with Crippen LogP contribution in [-0.2, 0) is 6.42 Å². The van der Waals surface area contributed by atoms with Gasteiger partial charge >= 0.3 is 5.63 Å². The molecule has 2 aromatic rings. The first kappa shape index (κ1) is 9.86. The average Bonchev–Trinajstić information content (AvgIpc) is 2.26. The number of aliphatic hydroxyl groups is 1. The van der Waals surface area contributed by atoms with Crippen molar-refractivity contribution < 1.29 is 9.52 Å². The highest BCUT2D eigenvalue weighted by Gasteiger charge is 2.04. The molecule has 0 saturated carbocycles. The summed E-state index contributed by atoms with van der Waals surface area (Å²) in [6, 6.07) is 5.13. The fourth-order valence-electron chi connectivity index (χ4n) is 1.44. The molecule has 0 amide bonds. The highest BCUT2D eigenvalue weighted by atomic mass is 16.4. The van der Waals surface area contributed by atoms with Gasteiger partial charge in [0.1, 0.15) is 5.76 Å². The van der Waals surface area contributed by atoms with E-state index in [2.05, 4.69) is 4.98 Å². The van der Waals surface area contributed by atoms with Gasteiger partial charge in [-0.25, -0.2) is 4.79 Å². The van der Waals surface area contributed by atoms with Crippen LogP contribution in [0.2, 0.25) is 0 Å². The highest BCUT2D eigenvalue weighted by molar-refractivity contribution is 5.76. The first-order valence-electron chi connectivity index (χ1n) is 4.80. The maximum Gasteiger partial charge on any atom is 0.345 e. The van der Waals surface area contributed by atoms with Gasteiger partial charge in [0.25, 0.3) is 0 Å². The van der Waals surface area contributed by atoms with Gasteiger partial charge in [0.15, 0.2) is 0 Å². The van der Waals surface area contributed by atoms with Crippen LogP contribution in [0.25, 0.3) is 10.9 Å². The number of hydrogen-bond donors (Lipinski definition) is 1. The Morgan fingerprint density at radius 3 is 3.13 bits per heavy atom. The molecule has 15 heavy (non-hydrogen) atoms. The Bertz CT molecular complexity index is 518. The molecular weight excluding hydrogens is 194 g/mol. The van der Waals surface area contributed by atoms with Crippen molar-refractivity contribution in [2.75, 3.05) is 6.61 Å². The van der Waals surface area contributed by atoms with Crippen LogP contribution in [-0.4, -0.2) is 16.7 Å². The normalized spacial score (nSPS) is 10.7. The van der Waals surface area contributed by atoms with Crippen molar-refractivity contribution in [2.45, 2.75) is 12.8 Å². The number of fused-ring (bicyclic) bond motifs is 1. The summed E-state index contributed by atoms with van der Waals surface area (Å²) in [5, 5.41) is 9.17. The van der Waals surface area contributed by atoms with Crippen molar-refractivity contribution >= 4 is 10.9 Å². The number of pyridine rings is 1. The van der Waals surface area contributed by atoms with Gasteiger partial charge in [-0.05, 0) is 18.6 Å².